The molecule has 3 atom stereocenters. The lowest BCUT2D eigenvalue weighted by Crippen LogP contribution is -2.32. The number of carbonyl (C=O) groups excluding carboxylic acids is 1. The fourth-order valence-corrected chi connectivity index (χ4v) is 3.02. The molecule has 1 aliphatic rings. The van der Waals surface area contributed by atoms with Gasteiger partial charge in [0.1, 0.15) is 0 Å². The van der Waals surface area contributed by atoms with Crippen LogP contribution in [0.3, 0.4) is 0 Å². The Hall–Kier alpha value is -0.910. The maximum Gasteiger partial charge on any atom is 0.261 e. The van der Waals surface area contributed by atoms with Crippen LogP contribution in [-0.4, -0.2) is 34.9 Å². The summed E-state index contributed by atoms with van der Waals surface area (Å²) in [5.41, 5.74) is 1.08. The van der Waals surface area contributed by atoms with Crippen LogP contribution in [-0.2, 0) is 0 Å². The summed E-state index contributed by atoms with van der Waals surface area (Å²) in [5.74, 6) is -0.190. The lowest BCUT2D eigenvalue weighted by Gasteiger charge is -2.11. The first kappa shape index (κ1) is 12.5. The molecule has 0 spiro atoms. The fraction of sp³-hybridized carbons (Fsp3) is 0.583. The van der Waals surface area contributed by atoms with Crippen LogP contribution in [0.2, 0.25) is 0 Å². The van der Waals surface area contributed by atoms with E-state index in [2.05, 4.69) is 5.32 Å². The zero-order valence-corrected chi connectivity index (χ0v) is 10.5. The Kier molecular flexibility index (Phi) is 3.81. The first-order valence-electron chi connectivity index (χ1n) is 5.75. The van der Waals surface area contributed by atoms with Crippen LogP contribution in [0.25, 0.3) is 0 Å². The summed E-state index contributed by atoms with van der Waals surface area (Å²) in [5, 5.41) is 23.5. The summed E-state index contributed by atoms with van der Waals surface area (Å²) < 4.78 is 0. The number of hydrogen-bond donors (Lipinski definition) is 3. The van der Waals surface area contributed by atoms with Gasteiger partial charge < -0.3 is 15.5 Å². The van der Waals surface area contributed by atoms with Crippen LogP contribution in [0.4, 0.5) is 0 Å². The minimum absolute atomic E-state index is 0.0222. The maximum absolute atomic E-state index is 11.9. The number of amides is 1. The van der Waals surface area contributed by atoms with Crippen molar-refractivity contribution >= 4 is 17.2 Å². The maximum atomic E-state index is 11.9. The van der Waals surface area contributed by atoms with Gasteiger partial charge in [0.2, 0.25) is 0 Å². The Morgan fingerprint density at radius 2 is 2.35 bits per heavy atom. The quantitative estimate of drug-likeness (QED) is 0.752. The van der Waals surface area contributed by atoms with Gasteiger partial charge in [0, 0.05) is 18.6 Å². The molecule has 0 saturated heterocycles. The van der Waals surface area contributed by atoms with Gasteiger partial charge in [0.15, 0.2) is 0 Å². The third kappa shape index (κ3) is 2.86. The van der Waals surface area contributed by atoms with E-state index in [0.717, 1.165) is 5.56 Å². The SMILES string of the molecule is Cc1csc(C(=O)N[C@H]2C[C@@H](CO)[C@H](O)C2)c1. The third-order valence-electron chi connectivity index (χ3n) is 3.18. The van der Waals surface area contributed by atoms with E-state index in [-0.39, 0.29) is 24.5 Å². The molecule has 17 heavy (non-hydrogen) atoms. The summed E-state index contributed by atoms with van der Waals surface area (Å²) in [6.07, 6.45) is 0.671. The molecule has 1 aromatic rings. The topological polar surface area (TPSA) is 69.6 Å². The molecule has 0 bridgehead atoms. The van der Waals surface area contributed by atoms with Crippen LogP contribution in [0.1, 0.15) is 28.1 Å². The van der Waals surface area contributed by atoms with E-state index < -0.39 is 6.10 Å². The van der Waals surface area contributed by atoms with Gasteiger partial charge in [-0.15, -0.1) is 11.3 Å². The number of hydrogen-bond acceptors (Lipinski definition) is 4. The van der Waals surface area contributed by atoms with Gasteiger partial charge in [-0.3, -0.25) is 4.79 Å². The summed E-state index contributed by atoms with van der Waals surface area (Å²) in [6, 6.07) is 1.83. The van der Waals surface area contributed by atoms with Crippen LogP contribution in [0, 0.1) is 12.8 Å². The van der Waals surface area contributed by atoms with E-state index in [1.807, 2.05) is 18.4 Å². The number of thiophene rings is 1. The van der Waals surface area contributed by atoms with Crippen LogP contribution in [0.15, 0.2) is 11.4 Å². The molecule has 1 fully saturated rings. The standard InChI is InChI=1S/C12H17NO3S/c1-7-2-11(17-6-7)12(16)13-9-3-8(5-14)10(15)4-9/h2,6,8-10,14-15H,3-5H2,1H3,(H,13,16)/t8-,9-,10+/m0/s1. The van der Waals surface area contributed by atoms with Crippen LogP contribution in [0.5, 0.6) is 0 Å². The van der Waals surface area contributed by atoms with Crippen molar-refractivity contribution in [3.8, 4) is 0 Å². The first-order valence-corrected chi connectivity index (χ1v) is 6.63. The van der Waals surface area contributed by atoms with E-state index in [1.54, 1.807) is 0 Å². The molecule has 5 heteroatoms. The second-order valence-electron chi connectivity index (χ2n) is 4.64. The number of nitrogens with one attached hydrogen (secondary N) is 1. The molecule has 1 aromatic heterocycles. The van der Waals surface area contributed by atoms with E-state index >= 15 is 0 Å². The summed E-state index contributed by atoms with van der Waals surface area (Å²) in [6.45, 7) is 1.93. The Labute approximate surface area is 104 Å². The molecule has 1 amide bonds. The number of aliphatic hydroxyl groups is 2. The second kappa shape index (κ2) is 5.16. The normalized spacial score (nSPS) is 28.3. The van der Waals surface area contributed by atoms with Crippen molar-refractivity contribution in [3.63, 3.8) is 0 Å². The van der Waals surface area contributed by atoms with Gasteiger partial charge in [0.25, 0.3) is 5.91 Å². The van der Waals surface area contributed by atoms with Crippen LogP contribution >= 0.6 is 11.3 Å². The van der Waals surface area contributed by atoms with Gasteiger partial charge in [0.05, 0.1) is 11.0 Å². The highest BCUT2D eigenvalue weighted by atomic mass is 32.1. The number of aryl methyl sites for hydroxylation is 1. The van der Waals surface area contributed by atoms with Crippen molar-refractivity contribution in [1.82, 2.24) is 5.32 Å². The van der Waals surface area contributed by atoms with Crippen molar-refractivity contribution in [1.29, 1.82) is 0 Å². The van der Waals surface area contributed by atoms with Crippen molar-refractivity contribution in [3.05, 3.63) is 21.9 Å². The van der Waals surface area contributed by atoms with Gasteiger partial charge in [-0.25, -0.2) is 0 Å². The molecular weight excluding hydrogens is 238 g/mol. The summed E-state index contributed by atoms with van der Waals surface area (Å²) >= 11 is 1.42. The molecule has 0 radical (unpaired) electrons. The lowest BCUT2D eigenvalue weighted by molar-refractivity contribution is 0.0904. The minimum atomic E-state index is -0.504. The van der Waals surface area contributed by atoms with Crippen molar-refractivity contribution in [2.24, 2.45) is 5.92 Å². The molecule has 94 valence electrons. The average Bonchev–Trinajstić information content (AvgIpc) is 2.85. The Morgan fingerprint density at radius 1 is 1.59 bits per heavy atom. The summed E-state index contributed by atoms with van der Waals surface area (Å²) in [7, 11) is 0. The van der Waals surface area contributed by atoms with Crippen molar-refractivity contribution in [2.45, 2.75) is 31.9 Å². The number of aliphatic hydroxyl groups excluding tert-OH is 2. The van der Waals surface area contributed by atoms with Gasteiger partial charge in [-0.05, 0) is 36.8 Å². The zero-order valence-electron chi connectivity index (χ0n) is 9.72. The molecule has 0 unspecified atom stereocenters. The Bertz CT molecular complexity index is 404. The van der Waals surface area contributed by atoms with Gasteiger partial charge >= 0.3 is 0 Å². The molecule has 2 rings (SSSR count). The lowest BCUT2D eigenvalue weighted by atomic mass is 10.1. The van der Waals surface area contributed by atoms with Crippen molar-refractivity contribution in [2.75, 3.05) is 6.61 Å². The zero-order chi connectivity index (χ0) is 12.4. The minimum Gasteiger partial charge on any atom is -0.396 e. The fourth-order valence-electron chi connectivity index (χ4n) is 2.22. The van der Waals surface area contributed by atoms with E-state index in [9.17, 15) is 9.90 Å². The van der Waals surface area contributed by atoms with Crippen molar-refractivity contribution < 1.29 is 15.0 Å². The van der Waals surface area contributed by atoms with Crippen LogP contribution < -0.4 is 5.32 Å². The molecule has 1 aliphatic carbocycles. The number of rotatable bonds is 3. The molecular formula is C12H17NO3S. The first-order chi connectivity index (χ1) is 8.10. The van der Waals surface area contributed by atoms with E-state index in [4.69, 9.17) is 5.11 Å². The Morgan fingerprint density at radius 3 is 2.88 bits per heavy atom. The molecule has 4 nitrogen and oxygen atoms in total. The van der Waals surface area contributed by atoms with Gasteiger partial charge in [-0.1, -0.05) is 0 Å². The highest BCUT2D eigenvalue weighted by Crippen LogP contribution is 2.26. The molecule has 3 N–H and O–H groups in total. The molecule has 0 aliphatic heterocycles. The predicted octanol–water partition coefficient (Wildman–Crippen LogP) is 0.918. The van der Waals surface area contributed by atoms with E-state index in [1.165, 1.54) is 11.3 Å². The Balaban J connectivity index is 1.92. The summed E-state index contributed by atoms with van der Waals surface area (Å²) in [4.78, 5) is 12.6. The largest absolute Gasteiger partial charge is 0.396 e. The monoisotopic (exact) mass is 255 g/mol. The average molecular weight is 255 g/mol. The number of carbonyl (C=O) groups is 1. The predicted molar refractivity (Wildman–Crippen MR) is 66.1 cm³/mol. The second-order valence-corrected chi connectivity index (χ2v) is 5.55. The van der Waals surface area contributed by atoms with Gasteiger partial charge in [-0.2, -0.15) is 0 Å². The molecule has 1 saturated carbocycles. The highest BCUT2D eigenvalue weighted by molar-refractivity contribution is 7.12. The van der Waals surface area contributed by atoms with E-state index in [0.29, 0.717) is 17.7 Å². The molecule has 1 heterocycles. The smallest absolute Gasteiger partial charge is 0.261 e. The third-order valence-corrected chi connectivity index (χ3v) is 4.23. The molecule has 0 aromatic carbocycles. The highest BCUT2D eigenvalue weighted by Gasteiger charge is 2.33.